The molecule has 0 amide bonds. The van der Waals surface area contributed by atoms with Gasteiger partial charge in [0.2, 0.25) is 0 Å². The fraction of sp³-hybridized carbons (Fsp3) is 0.333. The lowest BCUT2D eigenvalue weighted by atomic mass is 10.0. The highest BCUT2D eigenvalue weighted by molar-refractivity contribution is 7.98. The van der Waals surface area contributed by atoms with Crippen LogP contribution in [-0.2, 0) is 19.6 Å². The Kier molecular flexibility index (Phi) is 5.12. The second-order valence-corrected chi connectivity index (χ2v) is 5.74. The van der Waals surface area contributed by atoms with E-state index in [9.17, 15) is 23.1 Å². The first-order valence-corrected chi connectivity index (χ1v) is 7.98. The summed E-state index contributed by atoms with van der Waals surface area (Å²) in [4.78, 5) is 15.9. The van der Waals surface area contributed by atoms with Gasteiger partial charge >= 0.3 is 6.18 Å². The summed E-state index contributed by atoms with van der Waals surface area (Å²) in [6.07, 6.45) is -3.51. The third-order valence-electron chi connectivity index (χ3n) is 3.42. The van der Waals surface area contributed by atoms with Crippen molar-refractivity contribution in [2.45, 2.75) is 17.8 Å². The first kappa shape index (κ1) is 18.2. The molecule has 24 heavy (non-hydrogen) atoms. The quantitative estimate of drug-likeness (QED) is 0.671. The summed E-state index contributed by atoms with van der Waals surface area (Å²) >= 11 is 0.958. The highest BCUT2D eigenvalue weighted by Gasteiger charge is 2.37. The molecule has 130 valence electrons. The van der Waals surface area contributed by atoms with Crippen molar-refractivity contribution in [3.05, 3.63) is 45.4 Å². The summed E-state index contributed by atoms with van der Waals surface area (Å²) in [6.45, 7) is 0. The molecule has 0 fully saturated rings. The molecule has 1 heterocycles. The molecule has 0 saturated carbocycles. The van der Waals surface area contributed by atoms with Gasteiger partial charge in [-0.25, -0.2) is 4.98 Å². The van der Waals surface area contributed by atoms with Gasteiger partial charge in [-0.1, -0.05) is 17.8 Å². The van der Waals surface area contributed by atoms with E-state index in [4.69, 9.17) is 4.74 Å². The molecule has 0 bridgehead atoms. The average Bonchev–Trinajstić information content (AvgIpc) is 2.51. The minimum Gasteiger partial charge on any atom is -0.504 e. The van der Waals surface area contributed by atoms with E-state index in [1.807, 2.05) is 0 Å². The molecule has 0 aliphatic rings. The van der Waals surface area contributed by atoms with E-state index in [2.05, 4.69) is 4.98 Å². The van der Waals surface area contributed by atoms with Crippen LogP contribution < -0.4 is 10.3 Å². The van der Waals surface area contributed by atoms with Crippen LogP contribution in [0.5, 0.6) is 11.5 Å². The zero-order valence-corrected chi connectivity index (χ0v) is 14.0. The smallest absolute Gasteiger partial charge is 0.433 e. The SMILES string of the molecule is COc1ccc(Cc2c(C(F)(F)F)nc(SC)n(C)c2=O)cc1O. The number of phenolic OH excluding ortho intramolecular Hbond substituents is 1. The van der Waals surface area contributed by atoms with Gasteiger partial charge in [-0.15, -0.1) is 0 Å². The normalized spacial score (nSPS) is 11.6. The third kappa shape index (κ3) is 3.50. The molecule has 2 aromatic rings. The number of halogens is 3. The lowest BCUT2D eigenvalue weighted by Gasteiger charge is -2.15. The number of hydrogen-bond acceptors (Lipinski definition) is 5. The zero-order chi connectivity index (χ0) is 18.1. The Bertz CT molecular complexity index is 819. The van der Waals surface area contributed by atoms with Crippen LogP contribution in [0, 0.1) is 0 Å². The lowest BCUT2D eigenvalue weighted by Crippen LogP contribution is -2.29. The van der Waals surface area contributed by atoms with Crippen molar-refractivity contribution in [1.82, 2.24) is 9.55 Å². The highest BCUT2D eigenvalue weighted by atomic mass is 32.2. The topological polar surface area (TPSA) is 64.4 Å². The van der Waals surface area contributed by atoms with Gasteiger partial charge in [0.1, 0.15) is 0 Å². The molecule has 1 aromatic heterocycles. The van der Waals surface area contributed by atoms with Gasteiger partial charge in [-0.2, -0.15) is 13.2 Å². The minimum absolute atomic E-state index is 0.0198. The molecule has 2 rings (SSSR count). The summed E-state index contributed by atoms with van der Waals surface area (Å²) in [6, 6.07) is 4.17. The molecule has 0 aliphatic heterocycles. The Hall–Kier alpha value is -2.16. The Balaban J connectivity index is 2.59. The van der Waals surface area contributed by atoms with Gasteiger partial charge in [0.05, 0.1) is 12.7 Å². The second kappa shape index (κ2) is 6.76. The predicted octanol–water partition coefficient (Wildman–Crippen LogP) is 2.83. The van der Waals surface area contributed by atoms with Crippen molar-refractivity contribution in [3.8, 4) is 11.5 Å². The monoisotopic (exact) mass is 360 g/mol. The summed E-state index contributed by atoms with van der Waals surface area (Å²) < 4.78 is 45.8. The fourth-order valence-corrected chi connectivity index (χ4v) is 2.79. The van der Waals surface area contributed by atoms with E-state index in [1.165, 1.54) is 32.4 Å². The Morgan fingerprint density at radius 1 is 1.38 bits per heavy atom. The maximum atomic E-state index is 13.3. The number of methoxy groups -OCH3 is 1. The predicted molar refractivity (Wildman–Crippen MR) is 83.7 cm³/mol. The molecule has 0 unspecified atom stereocenters. The Morgan fingerprint density at radius 2 is 2.04 bits per heavy atom. The number of benzene rings is 1. The van der Waals surface area contributed by atoms with Gasteiger partial charge in [-0.05, 0) is 24.0 Å². The minimum atomic E-state index is -4.75. The van der Waals surface area contributed by atoms with Crippen LogP contribution in [0.2, 0.25) is 0 Å². The van der Waals surface area contributed by atoms with Gasteiger partial charge < -0.3 is 9.84 Å². The van der Waals surface area contributed by atoms with Gasteiger partial charge in [0, 0.05) is 13.5 Å². The lowest BCUT2D eigenvalue weighted by molar-refractivity contribution is -0.142. The number of rotatable bonds is 4. The van der Waals surface area contributed by atoms with Crippen molar-refractivity contribution in [2.75, 3.05) is 13.4 Å². The third-order valence-corrected chi connectivity index (χ3v) is 4.15. The Labute approximate surface area is 140 Å². The molecule has 1 aromatic carbocycles. The molecule has 0 saturated heterocycles. The molecular formula is C15H15F3N2O3S. The number of phenols is 1. The van der Waals surface area contributed by atoms with Crippen LogP contribution in [0.4, 0.5) is 13.2 Å². The fourth-order valence-electron chi connectivity index (χ4n) is 2.25. The molecule has 0 aliphatic carbocycles. The molecule has 0 atom stereocenters. The van der Waals surface area contributed by atoms with Crippen molar-refractivity contribution in [3.63, 3.8) is 0 Å². The maximum Gasteiger partial charge on any atom is 0.433 e. The van der Waals surface area contributed by atoms with Crippen LogP contribution >= 0.6 is 11.8 Å². The van der Waals surface area contributed by atoms with Crippen LogP contribution in [0.3, 0.4) is 0 Å². The maximum absolute atomic E-state index is 13.3. The highest BCUT2D eigenvalue weighted by Crippen LogP contribution is 2.32. The first-order chi connectivity index (χ1) is 11.2. The van der Waals surface area contributed by atoms with Crippen LogP contribution in [-0.4, -0.2) is 28.0 Å². The molecule has 9 heteroatoms. The van der Waals surface area contributed by atoms with E-state index in [0.29, 0.717) is 5.56 Å². The van der Waals surface area contributed by atoms with E-state index < -0.39 is 23.0 Å². The number of hydrogen-bond donors (Lipinski definition) is 1. The van der Waals surface area contributed by atoms with Crippen molar-refractivity contribution >= 4 is 11.8 Å². The number of aromatic nitrogens is 2. The summed E-state index contributed by atoms with van der Waals surface area (Å²) in [5, 5.41) is 9.74. The molecule has 5 nitrogen and oxygen atoms in total. The second-order valence-electron chi connectivity index (χ2n) is 4.97. The average molecular weight is 360 g/mol. The van der Waals surface area contributed by atoms with E-state index in [-0.39, 0.29) is 23.1 Å². The molecular weight excluding hydrogens is 345 g/mol. The largest absolute Gasteiger partial charge is 0.504 e. The van der Waals surface area contributed by atoms with Crippen LogP contribution in [0.15, 0.2) is 28.2 Å². The number of thioether (sulfide) groups is 1. The molecule has 1 N–H and O–H groups in total. The van der Waals surface area contributed by atoms with E-state index in [0.717, 1.165) is 16.3 Å². The van der Waals surface area contributed by atoms with Crippen molar-refractivity contribution < 1.29 is 23.0 Å². The number of alkyl halides is 3. The number of ether oxygens (including phenoxy) is 1. The molecule has 0 radical (unpaired) electrons. The Morgan fingerprint density at radius 3 is 2.54 bits per heavy atom. The summed E-state index contributed by atoms with van der Waals surface area (Å²) in [7, 11) is 2.73. The standard InChI is InChI=1S/C15H15F3N2O3S/c1-20-13(22)9(12(15(16,17)18)19-14(20)24-3)6-8-4-5-11(23-2)10(21)7-8/h4-5,7,21H,6H2,1-3H3. The van der Waals surface area contributed by atoms with Gasteiger partial charge in [0.25, 0.3) is 5.56 Å². The van der Waals surface area contributed by atoms with Crippen molar-refractivity contribution in [1.29, 1.82) is 0 Å². The summed E-state index contributed by atoms with van der Waals surface area (Å²) in [5.41, 5.74) is -2.09. The van der Waals surface area contributed by atoms with E-state index in [1.54, 1.807) is 6.26 Å². The number of nitrogens with zero attached hydrogens (tertiary/aromatic N) is 2. The first-order valence-electron chi connectivity index (χ1n) is 6.76. The zero-order valence-electron chi connectivity index (χ0n) is 13.1. The van der Waals surface area contributed by atoms with Crippen LogP contribution in [0.25, 0.3) is 0 Å². The summed E-state index contributed by atoms with van der Waals surface area (Å²) in [5.74, 6) is -0.0207. The van der Waals surface area contributed by atoms with Crippen molar-refractivity contribution in [2.24, 2.45) is 7.05 Å². The van der Waals surface area contributed by atoms with Crippen LogP contribution in [0.1, 0.15) is 16.8 Å². The van der Waals surface area contributed by atoms with Gasteiger partial charge in [0.15, 0.2) is 22.3 Å². The molecule has 0 spiro atoms. The number of aromatic hydroxyl groups is 1. The van der Waals surface area contributed by atoms with E-state index >= 15 is 0 Å². The van der Waals surface area contributed by atoms with Gasteiger partial charge in [-0.3, -0.25) is 9.36 Å².